The van der Waals surface area contributed by atoms with Gasteiger partial charge in [0.15, 0.2) is 23.0 Å². The molecule has 0 saturated carbocycles. The van der Waals surface area contributed by atoms with Crippen LogP contribution in [0.15, 0.2) is 28.5 Å². The molecule has 0 radical (unpaired) electrons. The van der Waals surface area contributed by atoms with E-state index in [1.165, 1.54) is 14.2 Å². The zero-order chi connectivity index (χ0) is 28.1. The zero-order valence-electron chi connectivity index (χ0n) is 22.6. The number of ether oxygens (including phenoxy) is 2. The number of hydrogen-bond donors (Lipinski definition) is 4. The Hall–Kier alpha value is -3.25. The molecule has 0 aromatic heterocycles. The lowest BCUT2D eigenvalue weighted by atomic mass is 9.73. The number of aliphatic hydroxyl groups is 1. The molecular formula is C28H34N4O7. The van der Waals surface area contributed by atoms with Crippen molar-refractivity contribution >= 4 is 17.5 Å². The molecule has 0 spiro atoms. The van der Waals surface area contributed by atoms with Gasteiger partial charge in [-0.3, -0.25) is 24.2 Å². The molecule has 6 rings (SSSR count). The molecule has 7 atom stereocenters. The smallest absolute Gasteiger partial charge is 0.236 e. The van der Waals surface area contributed by atoms with Crippen LogP contribution in [0.4, 0.5) is 0 Å². The summed E-state index contributed by atoms with van der Waals surface area (Å²) in [7, 11) is 2.87. The number of Topliss-reactive ketones (excluding diaryl/α,β-unsaturated/α-hetero) is 2. The van der Waals surface area contributed by atoms with Gasteiger partial charge in [-0.2, -0.15) is 0 Å². The average molecular weight is 539 g/mol. The van der Waals surface area contributed by atoms with Crippen molar-refractivity contribution in [1.29, 1.82) is 0 Å². The number of methoxy groups -OCH3 is 2. The Labute approximate surface area is 226 Å². The van der Waals surface area contributed by atoms with Gasteiger partial charge >= 0.3 is 0 Å². The maximum Gasteiger partial charge on any atom is 0.236 e. The Morgan fingerprint density at radius 2 is 1.90 bits per heavy atom. The molecule has 11 nitrogen and oxygen atoms in total. The number of carbonyl (C=O) groups excluding carboxylic acids is 3. The number of rotatable bonds is 5. The van der Waals surface area contributed by atoms with Crippen molar-refractivity contribution in [3.63, 3.8) is 0 Å². The molecule has 39 heavy (non-hydrogen) atoms. The van der Waals surface area contributed by atoms with Crippen LogP contribution in [0.25, 0.3) is 0 Å². The molecule has 1 aromatic rings. The highest BCUT2D eigenvalue weighted by molar-refractivity contribution is 6.25. The van der Waals surface area contributed by atoms with Gasteiger partial charge < -0.3 is 30.7 Å². The number of carbonyl (C=O) groups is 3. The lowest BCUT2D eigenvalue weighted by Crippen LogP contribution is -2.73. The maximum atomic E-state index is 13.7. The van der Waals surface area contributed by atoms with E-state index in [9.17, 15) is 24.6 Å². The van der Waals surface area contributed by atoms with E-state index in [-0.39, 0.29) is 59.5 Å². The molecule has 1 aliphatic carbocycles. The summed E-state index contributed by atoms with van der Waals surface area (Å²) < 4.78 is 10.9. The highest BCUT2D eigenvalue weighted by Gasteiger charge is 2.64. The lowest BCUT2D eigenvalue weighted by molar-refractivity contribution is -0.213. The molecule has 0 bridgehead atoms. The molecule has 11 heteroatoms. The minimum absolute atomic E-state index is 0.0263. The summed E-state index contributed by atoms with van der Waals surface area (Å²) in [5, 5.41) is 25.9. The maximum absolute atomic E-state index is 13.7. The van der Waals surface area contributed by atoms with E-state index < -0.39 is 36.0 Å². The number of hydrogen-bond acceptors (Lipinski definition) is 10. The van der Waals surface area contributed by atoms with Gasteiger partial charge in [-0.15, -0.1) is 0 Å². The number of phenols is 1. The minimum atomic E-state index is -0.964. The Balaban J connectivity index is 1.51. The molecule has 1 aromatic carbocycles. The molecular weight excluding hydrogens is 504 g/mol. The number of aliphatic hydroxyl groups excluding tert-OH is 1. The number of piperazine rings is 1. The van der Waals surface area contributed by atoms with Crippen LogP contribution in [-0.2, 0) is 19.1 Å². The number of nitrogens with two attached hydrogens (primary N) is 1. The number of benzene rings is 1. The third kappa shape index (κ3) is 3.33. The van der Waals surface area contributed by atoms with Crippen LogP contribution in [0.2, 0.25) is 0 Å². The third-order valence-corrected chi connectivity index (χ3v) is 9.22. The molecule has 2 fully saturated rings. The summed E-state index contributed by atoms with van der Waals surface area (Å²) in [5.74, 6) is -0.682. The van der Waals surface area contributed by atoms with Gasteiger partial charge in [-0.1, -0.05) is 6.07 Å². The molecule has 5 aliphatic rings. The van der Waals surface area contributed by atoms with Gasteiger partial charge in [0, 0.05) is 40.9 Å². The summed E-state index contributed by atoms with van der Waals surface area (Å²) in [6.07, 6.45) is -0.105. The standard InChI is InChI=1S/C28H34N4O7/c1-10-6-13-15-8-17-28(37)32-16(21(31(15)17)20(13)24(35)25(10)38-4)7-14-19(18(32)9-30-27(36)12(3)29)23(34)26(39-5)11(2)22(14)33/h6,12,15-18,21,28,35,37H,7-9,29H2,1-5H3,(H,30,36)/t12?,15?,16?,17?,18?,21?,28-/m0/s1. The molecule has 208 valence electrons. The van der Waals surface area contributed by atoms with Gasteiger partial charge in [0.05, 0.1) is 38.4 Å². The number of ketones is 2. The number of nitrogens with one attached hydrogen (secondary N) is 1. The van der Waals surface area contributed by atoms with Crippen LogP contribution in [0, 0.1) is 6.92 Å². The molecule has 5 N–H and O–H groups in total. The second-order valence-corrected chi connectivity index (χ2v) is 11.2. The SMILES string of the molecule is COC1=C(C)C(=O)C2=C(C1=O)C(CNC(=O)C(C)N)N1C(C2)C2c3c(cc(C)c(OC)c3O)C3CC([C@@H]1O)N32. The van der Waals surface area contributed by atoms with Crippen LogP contribution in [-0.4, -0.2) is 88.6 Å². The Kier molecular flexibility index (Phi) is 5.92. The number of allylic oxidation sites excluding steroid dienone is 2. The van der Waals surface area contributed by atoms with Crippen LogP contribution in [0.5, 0.6) is 11.5 Å². The first-order valence-electron chi connectivity index (χ1n) is 13.3. The van der Waals surface area contributed by atoms with Crippen LogP contribution < -0.4 is 15.8 Å². The predicted molar refractivity (Wildman–Crippen MR) is 139 cm³/mol. The van der Waals surface area contributed by atoms with Crippen molar-refractivity contribution in [2.45, 2.75) is 76.1 Å². The van der Waals surface area contributed by atoms with E-state index in [0.29, 0.717) is 17.7 Å². The first kappa shape index (κ1) is 26.0. The monoisotopic (exact) mass is 538 g/mol. The summed E-state index contributed by atoms with van der Waals surface area (Å²) in [5.41, 5.74) is 9.14. The Morgan fingerprint density at radius 3 is 2.54 bits per heavy atom. The quantitative estimate of drug-likeness (QED) is 0.389. The first-order chi connectivity index (χ1) is 18.5. The third-order valence-electron chi connectivity index (χ3n) is 9.22. The highest BCUT2D eigenvalue weighted by atomic mass is 16.5. The summed E-state index contributed by atoms with van der Waals surface area (Å²) >= 11 is 0. The number of phenolic OH excluding ortho intramolecular Hbond substituents is 1. The van der Waals surface area contributed by atoms with Gasteiger partial charge in [-0.25, -0.2) is 0 Å². The number of fused-ring (bicyclic) bond motifs is 5. The fourth-order valence-corrected chi connectivity index (χ4v) is 7.53. The van der Waals surface area contributed by atoms with Crippen molar-refractivity contribution in [2.24, 2.45) is 5.73 Å². The lowest BCUT2D eigenvalue weighted by Gasteiger charge is -2.62. The van der Waals surface area contributed by atoms with Crippen molar-refractivity contribution < 1.29 is 34.1 Å². The first-order valence-corrected chi connectivity index (χ1v) is 13.3. The van der Waals surface area contributed by atoms with Crippen molar-refractivity contribution in [2.75, 3.05) is 20.8 Å². The average Bonchev–Trinajstić information content (AvgIpc) is 3.14. The molecule has 6 unspecified atom stereocenters. The van der Waals surface area contributed by atoms with Crippen LogP contribution >= 0.6 is 0 Å². The number of amides is 1. The van der Waals surface area contributed by atoms with Gasteiger partial charge in [-0.05, 0) is 44.7 Å². The fraction of sp³-hybridized carbons (Fsp3) is 0.536. The largest absolute Gasteiger partial charge is 0.504 e. The van der Waals surface area contributed by atoms with E-state index in [4.69, 9.17) is 15.2 Å². The van der Waals surface area contributed by atoms with Gasteiger partial charge in [0.1, 0.15) is 6.23 Å². The molecule has 4 heterocycles. The summed E-state index contributed by atoms with van der Waals surface area (Å²) in [6.45, 7) is 4.99. The van der Waals surface area contributed by atoms with Gasteiger partial charge in [0.25, 0.3) is 0 Å². The second-order valence-electron chi connectivity index (χ2n) is 11.2. The number of aromatic hydroxyl groups is 1. The van der Waals surface area contributed by atoms with Gasteiger partial charge in [0.2, 0.25) is 11.7 Å². The minimum Gasteiger partial charge on any atom is -0.504 e. The van der Waals surface area contributed by atoms with Crippen molar-refractivity contribution in [3.8, 4) is 11.5 Å². The number of nitrogens with zero attached hydrogens (tertiary/aromatic N) is 2. The topological polar surface area (TPSA) is 155 Å². The van der Waals surface area contributed by atoms with Crippen molar-refractivity contribution in [1.82, 2.24) is 15.1 Å². The Bertz CT molecular complexity index is 1380. The van der Waals surface area contributed by atoms with Crippen LogP contribution in [0.3, 0.4) is 0 Å². The van der Waals surface area contributed by atoms with Crippen molar-refractivity contribution in [3.05, 3.63) is 45.2 Å². The molecule has 2 saturated heterocycles. The van der Waals surface area contributed by atoms with E-state index in [1.807, 2.05) is 17.9 Å². The Morgan fingerprint density at radius 1 is 1.18 bits per heavy atom. The normalized spacial score (nSPS) is 32.2. The van der Waals surface area contributed by atoms with Crippen LogP contribution in [0.1, 0.15) is 55.5 Å². The fourth-order valence-electron chi connectivity index (χ4n) is 7.53. The van der Waals surface area contributed by atoms with E-state index in [2.05, 4.69) is 10.2 Å². The summed E-state index contributed by atoms with van der Waals surface area (Å²) in [6, 6.07) is -0.574. The van der Waals surface area contributed by atoms with E-state index in [0.717, 1.165) is 16.7 Å². The molecule has 1 amide bonds. The van der Waals surface area contributed by atoms with E-state index >= 15 is 0 Å². The second kappa shape index (κ2) is 8.88. The molecule has 4 aliphatic heterocycles. The van der Waals surface area contributed by atoms with E-state index in [1.54, 1.807) is 13.8 Å². The zero-order valence-corrected chi connectivity index (χ0v) is 22.6. The summed E-state index contributed by atoms with van der Waals surface area (Å²) in [4.78, 5) is 43.9. The predicted octanol–water partition coefficient (Wildman–Crippen LogP) is 0.486. The highest BCUT2D eigenvalue weighted by Crippen LogP contribution is 2.63. The number of aryl methyl sites for hydroxylation is 1.